The van der Waals surface area contributed by atoms with E-state index in [-0.39, 0.29) is 6.04 Å². The van der Waals surface area contributed by atoms with Gasteiger partial charge in [-0.1, -0.05) is 18.2 Å². The van der Waals surface area contributed by atoms with Crippen molar-refractivity contribution in [2.75, 3.05) is 5.32 Å². The van der Waals surface area contributed by atoms with Crippen LogP contribution in [0.3, 0.4) is 0 Å². The Balaban J connectivity index is 1.95. The molecule has 3 aromatic rings. The summed E-state index contributed by atoms with van der Waals surface area (Å²) in [5, 5.41) is 4.88. The predicted molar refractivity (Wildman–Crippen MR) is 90.5 cm³/mol. The molecule has 2 nitrogen and oxygen atoms in total. The first-order chi connectivity index (χ1) is 9.66. The summed E-state index contributed by atoms with van der Waals surface area (Å²) in [6, 6.07) is 12.8. The second-order valence-corrected chi connectivity index (χ2v) is 6.63. The number of aryl methyl sites for hydroxylation is 1. The highest BCUT2D eigenvalue weighted by atomic mass is 79.9. The molecule has 102 valence electrons. The number of anilines is 1. The first-order valence-corrected chi connectivity index (χ1v) is 8.13. The molecule has 1 aromatic carbocycles. The predicted octanol–water partition coefficient (Wildman–Crippen LogP) is 5.54. The number of nitrogens with zero attached hydrogens (tertiary/aromatic N) is 1. The molecule has 0 fully saturated rings. The van der Waals surface area contributed by atoms with Crippen molar-refractivity contribution in [2.45, 2.75) is 19.9 Å². The van der Waals surface area contributed by atoms with E-state index in [4.69, 9.17) is 0 Å². The molecule has 0 amide bonds. The monoisotopic (exact) mass is 346 g/mol. The molecule has 0 aliphatic rings. The lowest BCUT2D eigenvalue weighted by atomic mass is 10.1. The molecule has 0 bridgehead atoms. The Kier molecular flexibility index (Phi) is 3.76. The molecule has 0 saturated heterocycles. The average molecular weight is 347 g/mol. The Morgan fingerprint density at radius 1 is 1.20 bits per heavy atom. The third-order valence-corrected chi connectivity index (χ3v) is 5.49. The molecule has 20 heavy (non-hydrogen) atoms. The molecule has 2 aromatic heterocycles. The van der Waals surface area contributed by atoms with Gasteiger partial charge in [-0.3, -0.25) is 0 Å². The summed E-state index contributed by atoms with van der Waals surface area (Å²) in [4.78, 5) is 5.63. The number of pyridine rings is 1. The Labute approximate surface area is 131 Å². The number of rotatable bonds is 3. The summed E-state index contributed by atoms with van der Waals surface area (Å²) in [7, 11) is 0. The van der Waals surface area contributed by atoms with Crippen LogP contribution in [0.25, 0.3) is 10.1 Å². The maximum Gasteiger partial charge on any atom is 0.129 e. The molecule has 4 heteroatoms. The number of benzene rings is 1. The van der Waals surface area contributed by atoms with Crippen molar-refractivity contribution in [3.63, 3.8) is 0 Å². The first-order valence-electron chi connectivity index (χ1n) is 6.52. The summed E-state index contributed by atoms with van der Waals surface area (Å²) in [6.07, 6.45) is 1.78. The number of fused-ring (bicyclic) bond motifs is 1. The van der Waals surface area contributed by atoms with Gasteiger partial charge in [0.1, 0.15) is 4.60 Å². The van der Waals surface area contributed by atoms with Gasteiger partial charge in [0, 0.05) is 15.8 Å². The van der Waals surface area contributed by atoms with Crippen LogP contribution in [0.4, 0.5) is 5.69 Å². The molecule has 2 heterocycles. The van der Waals surface area contributed by atoms with Crippen molar-refractivity contribution in [1.82, 2.24) is 4.98 Å². The van der Waals surface area contributed by atoms with Gasteiger partial charge in [0.05, 0.1) is 11.7 Å². The van der Waals surface area contributed by atoms with Crippen LogP contribution < -0.4 is 5.32 Å². The highest BCUT2D eigenvalue weighted by Crippen LogP contribution is 2.36. The van der Waals surface area contributed by atoms with Crippen LogP contribution in [0.15, 0.2) is 47.2 Å². The number of nitrogens with one attached hydrogen (secondary N) is 1. The lowest BCUT2D eigenvalue weighted by Crippen LogP contribution is -2.06. The number of thiophene rings is 1. The van der Waals surface area contributed by atoms with Crippen molar-refractivity contribution < 1.29 is 0 Å². The van der Waals surface area contributed by atoms with Crippen LogP contribution in [0.5, 0.6) is 0 Å². The highest BCUT2D eigenvalue weighted by molar-refractivity contribution is 9.10. The number of aromatic nitrogens is 1. The van der Waals surface area contributed by atoms with Gasteiger partial charge in [-0.05, 0) is 58.9 Å². The SMILES string of the molecule is Cc1c(C(C)Nc2cccnc2Br)sc2ccccc12. The van der Waals surface area contributed by atoms with E-state index in [2.05, 4.69) is 64.3 Å². The summed E-state index contributed by atoms with van der Waals surface area (Å²) >= 11 is 5.34. The normalized spacial score (nSPS) is 12.6. The Morgan fingerprint density at radius 3 is 2.75 bits per heavy atom. The minimum atomic E-state index is 0.257. The second kappa shape index (κ2) is 5.54. The molecule has 0 aliphatic heterocycles. The third kappa shape index (κ3) is 2.45. The number of hydrogen-bond donors (Lipinski definition) is 1. The largest absolute Gasteiger partial charge is 0.376 e. The van der Waals surface area contributed by atoms with Gasteiger partial charge in [0.15, 0.2) is 0 Å². The lowest BCUT2D eigenvalue weighted by molar-refractivity contribution is 0.896. The number of hydrogen-bond acceptors (Lipinski definition) is 3. The fourth-order valence-electron chi connectivity index (χ4n) is 2.40. The fourth-order valence-corrected chi connectivity index (χ4v) is 3.98. The van der Waals surface area contributed by atoms with Crippen molar-refractivity contribution in [3.8, 4) is 0 Å². The zero-order valence-corrected chi connectivity index (χ0v) is 13.8. The molecular formula is C16H15BrN2S. The molecule has 3 rings (SSSR count). The van der Waals surface area contributed by atoms with E-state index in [0.717, 1.165) is 10.3 Å². The summed E-state index contributed by atoms with van der Waals surface area (Å²) in [5.74, 6) is 0. The molecule has 0 spiro atoms. The smallest absolute Gasteiger partial charge is 0.129 e. The Bertz CT molecular complexity index is 751. The van der Waals surface area contributed by atoms with E-state index in [9.17, 15) is 0 Å². The van der Waals surface area contributed by atoms with Gasteiger partial charge in [0.25, 0.3) is 0 Å². The zero-order valence-electron chi connectivity index (χ0n) is 11.4. The van der Waals surface area contributed by atoms with E-state index in [1.807, 2.05) is 23.5 Å². The third-order valence-electron chi connectivity index (χ3n) is 3.40. The standard InChI is InChI=1S/C16H15BrN2S/c1-10-12-6-3-4-8-14(12)20-15(10)11(2)19-13-7-5-9-18-16(13)17/h3-9,11,19H,1-2H3. The highest BCUT2D eigenvalue weighted by Gasteiger charge is 2.15. The maximum atomic E-state index is 4.25. The van der Waals surface area contributed by atoms with Gasteiger partial charge in [-0.15, -0.1) is 11.3 Å². The van der Waals surface area contributed by atoms with Crippen molar-refractivity contribution in [2.24, 2.45) is 0 Å². The van der Waals surface area contributed by atoms with Crippen molar-refractivity contribution in [3.05, 3.63) is 57.6 Å². The van der Waals surface area contributed by atoms with E-state index < -0.39 is 0 Å². The molecule has 1 atom stereocenters. The summed E-state index contributed by atoms with van der Waals surface area (Å²) in [5.41, 5.74) is 2.39. The van der Waals surface area contributed by atoms with Crippen LogP contribution in [-0.2, 0) is 0 Å². The van der Waals surface area contributed by atoms with Crippen LogP contribution in [-0.4, -0.2) is 4.98 Å². The van der Waals surface area contributed by atoms with Crippen molar-refractivity contribution >= 4 is 43.0 Å². The Hall–Kier alpha value is -1.39. The second-order valence-electron chi connectivity index (χ2n) is 4.80. The zero-order chi connectivity index (χ0) is 14.1. The van der Waals surface area contributed by atoms with E-state index >= 15 is 0 Å². The quantitative estimate of drug-likeness (QED) is 0.629. The van der Waals surface area contributed by atoms with E-state index in [1.54, 1.807) is 6.20 Å². The van der Waals surface area contributed by atoms with Crippen LogP contribution in [0, 0.1) is 6.92 Å². The molecule has 0 saturated carbocycles. The maximum absolute atomic E-state index is 4.25. The van der Waals surface area contributed by atoms with Crippen LogP contribution >= 0.6 is 27.3 Å². The minimum Gasteiger partial charge on any atom is -0.376 e. The molecule has 0 radical (unpaired) electrons. The summed E-state index contributed by atoms with van der Waals surface area (Å²) in [6.45, 7) is 4.39. The molecule has 1 N–H and O–H groups in total. The average Bonchev–Trinajstić information content (AvgIpc) is 2.79. The topological polar surface area (TPSA) is 24.9 Å². The minimum absolute atomic E-state index is 0.257. The first kappa shape index (κ1) is 13.6. The van der Waals surface area contributed by atoms with Gasteiger partial charge in [-0.2, -0.15) is 0 Å². The van der Waals surface area contributed by atoms with Crippen molar-refractivity contribution in [1.29, 1.82) is 0 Å². The van der Waals surface area contributed by atoms with E-state index in [1.165, 1.54) is 20.5 Å². The van der Waals surface area contributed by atoms with Crippen LogP contribution in [0.2, 0.25) is 0 Å². The van der Waals surface area contributed by atoms with E-state index in [0.29, 0.717) is 0 Å². The number of halogens is 1. The van der Waals surface area contributed by atoms with Gasteiger partial charge < -0.3 is 5.32 Å². The fraction of sp³-hybridized carbons (Fsp3) is 0.188. The molecule has 0 aliphatic carbocycles. The summed E-state index contributed by atoms with van der Waals surface area (Å²) < 4.78 is 2.20. The lowest BCUT2D eigenvalue weighted by Gasteiger charge is -2.15. The Morgan fingerprint density at radius 2 is 2.00 bits per heavy atom. The van der Waals surface area contributed by atoms with Crippen LogP contribution in [0.1, 0.15) is 23.4 Å². The molecular weight excluding hydrogens is 332 g/mol. The van der Waals surface area contributed by atoms with Gasteiger partial charge in [-0.25, -0.2) is 4.98 Å². The molecule has 1 unspecified atom stereocenters. The van der Waals surface area contributed by atoms with Gasteiger partial charge in [0.2, 0.25) is 0 Å². The van der Waals surface area contributed by atoms with Gasteiger partial charge >= 0.3 is 0 Å².